The van der Waals surface area contributed by atoms with E-state index < -0.39 is 0 Å². The molecule has 0 spiro atoms. The fraction of sp³-hybridized carbons (Fsp3) is 0.118. The first-order chi connectivity index (χ1) is 11.1. The SMILES string of the molecule is CNC(=O)Nc1cc2cc(-c3cnccc3C)cc(N)c2cn1. The van der Waals surface area contributed by atoms with Crippen molar-refractivity contribution in [2.24, 2.45) is 0 Å². The molecule has 2 heterocycles. The first kappa shape index (κ1) is 14.8. The standard InChI is InChI=1S/C17H17N5O/c1-10-3-4-20-8-13(10)11-5-12-7-16(22-17(23)19-2)21-9-14(12)15(18)6-11/h3-9H,18H2,1-2H3,(H2,19,21,22,23). The van der Waals surface area contributed by atoms with Crippen molar-refractivity contribution in [1.82, 2.24) is 15.3 Å². The molecule has 0 aliphatic rings. The number of carbonyl (C=O) groups is 1. The Kier molecular flexibility index (Phi) is 3.80. The van der Waals surface area contributed by atoms with Gasteiger partial charge in [0.05, 0.1) is 0 Å². The highest BCUT2D eigenvalue weighted by molar-refractivity contribution is 5.99. The Morgan fingerprint density at radius 1 is 1.22 bits per heavy atom. The Morgan fingerprint density at radius 3 is 2.78 bits per heavy atom. The maximum atomic E-state index is 11.4. The van der Waals surface area contributed by atoms with Gasteiger partial charge in [0, 0.05) is 42.3 Å². The van der Waals surface area contributed by atoms with Crippen LogP contribution in [0.15, 0.2) is 42.9 Å². The monoisotopic (exact) mass is 307 g/mol. The summed E-state index contributed by atoms with van der Waals surface area (Å²) in [6.07, 6.45) is 5.25. The van der Waals surface area contributed by atoms with E-state index >= 15 is 0 Å². The molecule has 0 atom stereocenters. The number of benzene rings is 1. The number of urea groups is 1. The number of aryl methyl sites for hydroxylation is 1. The number of pyridine rings is 2. The molecule has 6 nitrogen and oxygen atoms in total. The molecule has 4 N–H and O–H groups in total. The molecule has 116 valence electrons. The highest BCUT2D eigenvalue weighted by atomic mass is 16.2. The van der Waals surface area contributed by atoms with Crippen molar-refractivity contribution in [1.29, 1.82) is 0 Å². The van der Waals surface area contributed by atoms with E-state index in [0.717, 1.165) is 27.5 Å². The average molecular weight is 307 g/mol. The van der Waals surface area contributed by atoms with Gasteiger partial charge in [-0.25, -0.2) is 9.78 Å². The molecule has 2 amide bonds. The molecule has 0 fully saturated rings. The molecule has 2 aromatic heterocycles. The van der Waals surface area contributed by atoms with Crippen LogP contribution in [0.5, 0.6) is 0 Å². The van der Waals surface area contributed by atoms with Gasteiger partial charge in [0.25, 0.3) is 0 Å². The van der Waals surface area contributed by atoms with Gasteiger partial charge in [-0.05, 0) is 47.7 Å². The second-order valence-corrected chi connectivity index (χ2v) is 5.25. The predicted octanol–water partition coefficient (Wildman–Crippen LogP) is 2.94. The maximum Gasteiger partial charge on any atom is 0.320 e. The first-order valence-corrected chi connectivity index (χ1v) is 7.17. The average Bonchev–Trinajstić information content (AvgIpc) is 2.54. The molecule has 23 heavy (non-hydrogen) atoms. The lowest BCUT2D eigenvalue weighted by Gasteiger charge is -2.10. The van der Waals surface area contributed by atoms with Crippen LogP contribution >= 0.6 is 0 Å². The summed E-state index contributed by atoms with van der Waals surface area (Å²) < 4.78 is 0. The number of hydrogen-bond acceptors (Lipinski definition) is 4. The number of fused-ring (bicyclic) bond motifs is 1. The summed E-state index contributed by atoms with van der Waals surface area (Å²) in [6, 6.07) is 7.38. The third kappa shape index (κ3) is 2.91. The molecule has 0 aliphatic carbocycles. The van der Waals surface area contributed by atoms with Crippen LogP contribution in [0.25, 0.3) is 21.9 Å². The number of nitrogens with zero attached hydrogens (tertiary/aromatic N) is 2. The van der Waals surface area contributed by atoms with Crippen molar-refractivity contribution in [3.63, 3.8) is 0 Å². The fourth-order valence-electron chi connectivity index (χ4n) is 2.45. The van der Waals surface area contributed by atoms with Gasteiger partial charge in [0.2, 0.25) is 0 Å². The smallest absolute Gasteiger partial charge is 0.320 e. The summed E-state index contributed by atoms with van der Waals surface area (Å²) in [4.78, 5) is 19.8. The van der Waals surface area contributed by atoms with E-state index in [-0.39, 0.29) is 6.03 Å². The molecule has 0 bridgehead atoms. The Labute approximate surface area is 133 Å². The Balaban J connectivity index is 2.12. The van der Waals surface area contributed by atoms with Crippen molar-refractivity contribution in [3.8, 4) is 11.1 Å². The van der Waals surface area contributed by atoms with Gasteiger partial charge in [0.15, 0.2) is 0 Å². The second kappa shape index (κ2) is 5.92. The lowest BCUT2D eigenvalue weighted by molar-refractivity contribution is 0.254. The number of anilines is 2. The van der Waals surface area contributed by atoms with Gasteiger partial charge >= 0.3 is 6.03 Å². The largest absolute Gasteiger partial charge is 0.398 e. The molecule has 3 aromatic rings. The van der Waals surface area contributed by atoms with Crippen molar-refractivity contribution in [3.05, 3.63) is 48.4 Å². The van der Waals surface area contributed by atoms with E-state index in [4.69, 9.17) is 5.73 Å². The van der Waals surface area contributed by atoms with E-state index in [9.17, 15) is 4.79 Å². The van der Waals surface area contributed by atoms with E-state index in [2.05, 4.69) is 20.6 Å². The fourth-order valence-corrected chi connectivity index (χ4v) is 2.45. The van der Waals surface area contributed by atoms with Crippen molar-refractivity contribution < 1.29 is 4.79 Å². The molecule has 3 rings (SSSR count). The van der Waals surface area contributed by atoms with Gasteiger partial charge in [-0.3, -0.25) is 10.3 Å². The predicted molar refractivity (Wildman–Crippen MR) is 92.2 cm³/mol. The van der Waals surface area contributed by atoms with Gasteiger partial charge in [-0.1, -0.05) is 0 Å². The van der Waals surface area contributed by atoms with Crippen LogP contribution in [-0.4, -0.2) is 23.0 Å². The van der Waals surface area contributed by atoms with Crippen LogP contribution < -0.4 is 16.4 Å². The van der Waals surface area contributed by atoms with Crippen LogP contribution in [0.3, 0.4) is 0 Å². The molecule has 1 aromatic carbocycles. The number of nitrogens with two attached hydrogens (primary N) is 1. The van der Waals surface area contributed by atoms with E-state index in [1.54, 1.807) is 25.5 Å². The van der Waals surface area contributed by atoms with E-state index in [1.165, 1.54) is 0 Å². The lowest BCUT2D eigenvalue weighted by Crippen LogP contribution is -2.24. The van der Waals surface area contributed by atoms with Crippen LogP contribution in [0.2, 0.25) is 0 Å². The summed E-state index contributed by atoms with van der Waals surface area (Å²) in [5.41, 5.74) is 9.93. The lowest BCUT2D eigenvalue weighted by atomic mass is 9.99. The molecule has 0 saturated carbocycles. The Morgan fingerprint density at radius 2 is 2.04 bits per heavy atom. The normalized spacial score (nSPS) is 10.5. The number of nitrogens with one attached hydrogen (secondary N) is 2. The van der Waals surface area contributed by atoms with Crippen LogP contribution in [0.4, 0.5) is 16.3 Å². The topological polar surface area (TPSA) is 92.9 Å². The van der Waals surface area contributed by atoms with Gasteiger partial charge < -0.3 is 11.1 Å². The summed E-state index contributed by atoms with van der Waals surface area (Å²) in [5, 5.41) is 6.91. The third-order valence-corrected chi connectivity index (χ3v) is 3.69. The number of nitrogen functional groups attached to an aromatic ring is 1. The molecule has 6 heteroatoms. The van der Waals surface area contributed by atoms with E-state index in [0.29, 0.717) is 11.5 Å². The van der Waals surface area contributed by atoms with Crippen LogP contribution in [0.1, 0.15) is 5.56 Å². The van der Waals surface area contributed by atoms with Gasteiger partial charge in [-0.15, -0.1) is 0 Å². The number of hydrogen-bond donors (Lipinski definition) is 3. The minimum Gasteiger partial charge on any atom is -0.398 e. The Hall–Kier alpha value is -3.15. The number of carbonyl (C=O) groups excluding carboxylic acids is 1. The highest BCUT2D eigenvalue weighted by Gasteiger charge is 2.08. The molecular formula is C17H17N5O. The molecule has 0 unspecified atom stereocenters. The van der Waals surface area contributed by atoms with Crippen molar-refractivity contribution in [2.75, 3.05) is 18.1 Å². The Bertz CT molecular complexity index is 891. The highest BCUT2D eigenvalue weighted by Crippen LogP contribution is 2.31. The van der Waals surface area contributed by atoms with Gasteiger partial charge in [0.1, 0.15) is 5.82 Å². The second-order valence-electron chi connectivity index (χ2n) is 5.25. The maximum absolute atomic E-state index is 11.4. The quantitative estimate of drug-likeness (QED) is 0.635. The summed E-state index contributed by atoms with van der Waals surface area (Å²) >= 11 is 0. The molecule has 0 radical (unpaired) electrons. The number of amides is 2. The van der Waals surface area contributed by atoms with Crippen LogP contribution in [-0.2, 0) is 0 Å². The van der Waals surface area contributed by atoms with Gasteiger partial charge in [-0.2, -0.15) is 0 Å². The number of rotatable bonds is 2. The van der Waals surface area contributed by atoms with Crippen molar-refractivity contribution in [2.45, 2.75) is 6.92 Å². The third-order valence-electron chi connectivity index (χ3n) is 3.69. The zero-order chi connectivity index (χ0) is 16.4. The molecule has 0 saturated heterocycles. The minimum absolute atomic E-state index is 0.316. The molecular weight excluding hydrogens is 290 g/mol. The summed E-state index contributed by atoms with van der Waals surface area (Å²) in [7, 11) is 1.55. The number of aromatic nitrogens is 2. The minimum atomic E-state index is -0.316. The first-order valence-electron chi connectivity index (χ1n) is 7.17. The van der Waals surface area contributed by atoms with Crippen LogP contribution in [0, 0.1) is 6.92 Å². The zero-order valence-electron chi connectivity index (χ0n) is 12.9. The molecule has 0 aliphatic heterocycles. The summed E-state index contributed by atoms with van der Waals surface area (Å²) in [5.74, 6) is 0.469. The summed E-state index contributed by atoms with van der Waals surface area (Å²) in [6.45, 7) is 2.03. The van der Waals surface area contributed by atoms with Crippen molar-refractivity contribution >= 4 is 28.3 Å². The zero-order valence-corrected chi connectivity index (χ0v) is 12.9. The van der Waals surface area contributed by atoms with E-state index in [1.807, 2.05) is 31.3 Å².